The fourth-order valence-electron chi connectivity index (χ4n) is 3.16. The third-order valence-electron chi connectivity index (χ3n) is 4.80. The van der Waals surface area contributed by atoms with Crippen LogP contribution in [0.2, 0.25) is 0 Å². The van der Waals surface area contributed by atoms with Crippen LogP contribution in [-0.2, 0) is 0 Å². The Labute approximate surface area is 146 Å². The van der Waals surface area contributed by atoms with Gasteiger partial charge in [0, 0.05) is 12.1 Å². The summed E-state index contributed by atoms with van der Waals surface area (Å²) in [5.74, 6) is 2.12. The summed E-state index contributed by atoms with van der Waals surface area (Å²) in [4.78, 5) is 13.1. The smallest absolute Gasteiger partial charge is 0.153 e. The Bertz CT molecular complexity index is 966. The molecule has 0 radical (unpaired) electrons. The Morgan fingerprint density at radius 1 is 1.20 bits per heavy atom. The van der Waals surface area contributed by atoms with Gasteiger partial charge in [0.15, 0.2) is 5.82 Å². The molecule has 2 heterocycles. The van der Waals surface area contributed by atoms with Crippen molar-refractivity contribution in [3.8, 4) is 16.9 Å². The molecule has 0 aliphatic heterocycles. The molecular weight excluding hydrogens is 314 g/mol. The van der Waals surface area contributed by atoms with Crippen molar-refractivity contribution in [2.45, 2.75) is 26.7 Å². The quantitative estimate of drug-likeness (QED) is 0.676. The van der Waals surface area contributed by atoms with Crippen molar-refractivity contribution >= 4 is 22.7 Å². The van der Waals surface area contributed by atoms with Crippen molar-refractivity contribution in [1.82, 2.24) is 15.0 Å². The molecule has 0 amide bonds. The predicted molar refractivity (Wildman–Crippen MR) is 99.5 cm³/mol. The molecule has 4 rings (SSSR count). The first-order chi connectivity index (χ1) is 12.0. The molecule has 1 aliphatic rings. The van der Waals surface area contributed by atoms with Gasteiger partial charge in [-0.05, 0) is 61.4 Å². The van der Waals surface area contributed by atoms with E-state index >= 15 is 0 Å². The maximum Gasteiger partial charge on any atom is 0.153 e. The Hall–Kier alpha value is -2.89. The molecule has 1 aliphatic carbocycles. The van der Waals surface area contributed by atoms with Crippen LogP contribution in [0, 0.1) is 19.8 Å². The number of rotatable bonds is 4. The molecule has 0 atom stereocenters. The number of nitrogens with zero attached hydrogens (tertiary/aromatic N) is 3. The van der Waals surface area contributed by atoms with Crippen molar-refractivity contribution in [3.05, 3.63) is 35.7 Å². The van der Waals surface area contributed by atoms with Crippen LogP contribution in [0.4, 0.5) is 11.6 Å². The van der Waals surface area contributed by atoms with E-state index in [1.165, 1.54) is 19.2 Å². The minimum Gasteiger partial charge on any atom is -0.508 e. The molecule has 2 aromatic heterocycles. The molecule has 0 unspecified atom stereocenters. The van der Waals surface area contributed by atoms with Crippen LogP contribution < -0.4 is 11.1 Å². The highest BCUT2D eigenvalue weighted by atomic mass is 16.3. The number of nitrogen functional groups attached to an aromatic ring is 1. The van der Waals surface area contributed by atoms with Crippen molar-refractivity contribution in [1.29, 1.82) is 0 Å². The number of aryl methyl sites for hydroxylation is 1. The van der Waals surface area contributed by atoms with Crippen LogP contribution in [0.1, 0.15) is 24.0 Å². The average molecular weight is 335 g/mol. The Kier molecular flexibility index (Phi) is 3.67. The lowest BCUT2D eigenvalue weighted by Crippen LogP contribution is -2.07. The highest BCUT2D eigenvalue weighted by molar-refractivity contribution is 5.98. The minimum atomic E-state index is 0.264. The summed E-state index contributed by atoms with van der Waals surface area (Å²) in [6, 6.07) is 5.62. The first-order valence-corrected chi connectivity index (χ1v) is 8.49. The van der Waals surface area contributed by atoms with Gasteiger partial charge in [-0.3, -0.25) is 0 Å². The predicted octanol–water partition coefficient (Wildman–Crippen LogP) is 3.42. The maximum absolute atomic E-state index is 10.2. The number of phenolic OH excluding ortho intramolecular Hbond substituents is 1. The molecule has 1 saturated carbocycles. The number of anilines is 2. The number of nitrogens with two attached hydrogens (primary N) is 1. The van der Waals surface area contributed by atoms with Gasteiger partial charge in [-0.1, -0.05) is 6.07 Å². The van der Waals surface area contributed by atoms with E-state index in [1.807, 2.05) is 26.0 Å². The van der Waals surface area contributed by atoms with E-state index < -0.39 is 0 Å². The van der Waals surface area contributed by atoms with E-state index in [0.29, 0.717) is 16.9 Å². The fraction of sp³-hybridized carbons (Fsp3) is 0.316. The zero-order chi connectivity index (χ0) is 17.6. The van der Waals surface area contributed by atoms with Crippen molar-refractivity contribution < 1.29 is 5.11 Å². The summed E-state index contributed by atoms with van der Waals surface area (Å²) in [6.45, 7) is 4.84. The van der Waals surface area contributed by atoms with Crippen LogP contribution in [0.3, 0.4) is 0 Å². The largest absolute Gasteiger partial charge is 0.508 e. The summed E-state index contributed by atoms with van der Waals surface area (Å²) in [5, 5.41) is 13.6. The molecule has 25 heavy (non-hydrogen) atoms. The van der Waals surface area contributed by atoms with E-state index in [4.69, 9.17) is 5.73 Å². The molecule has 128 valence electrons. The molecule has 1 aromatic carbocycles. The molecule has 6 nitrogen and oxygen atoms in total. The Morgan fingerprint density at radius 3 is 2.76 bits per heavy atom. The lowest BCUT2D eigenvalue weighted by atomic mass is 9.94. The summed E-state index contributed by atoms with van der Waals surface area (Å²) >= 11 is 0. The fourth-order valence-corrected chi connectivity index (χ4v) is 3.16. The molecule has 0 spiro atoms. The summed E-state index contributed by atoms with van der Waals surface area (Å²) in [7, 11) is 0. The normalized spacial score (nSPS) is 14.0. The second-order valence-corrected chi connectivity index (χ2v) is 6.74. The monoisotopic (exact) mass is 335 g/mol. The molecule has 1 fully saturated rings. The Morgan fingerprint density at radius 2 is 2.00 bits per heavy atom. The SMILES string of the molecule is Cc1ccc(O)c(C)c1-c1cc(NCC2CC2)nc2c(N)ncnc12. The number of benzene rings is 1. The zero-order valence-electron chi connectivity index (χ0n) is 14.4. The average Bonchev–Trinajstić information content (AvgIpc) is 3.42. The Balaban J connectivity index is 1.95. The molecule has 0 saturated heterocycles. The van der Waals surface area contributed by atoms with Gasteiger partial charge in [0.2, 0.25) is 0 Å². The van der Waals surface area contributed by atoms with Gasteiger partial charge in [0.25, 0.3) is 0 Å². The van der Waals surface area contributed by atoms with E-state index in [1.54, 1.807) is 6.07 Å². The third-order valence-corrected chi connectivity index (χ3v) is 4.80. The van der Waals surface area contributed by atoms with E-state index in [-0.39, 0.29) is 5.75 Å². The molecule has 6 heteroatoms. The van der Waals surface area contributed by atoms with Gasteiger partial charge < -0.3 is 16.2 Å². The number of phenols is 1. The van der Waals surface area contributed by atoms with Gasteiger partial charge in [-0.15, -0.1) is 0 Å². The summed E-state index contributed by atoms with van der Waals surface area (Å²) < 4.78 is 0. The van der Waals surface area contributed by atoms with E-state index in [0.717, 1.165) is 40.5 Å². The van der Waals surface area contributed by atoms with Crippen LogP contribution in [0.5, 0.6) is 5.75 Å². The minimum absolute atomic E-state index is 0.264. The van der Waals surface area contributed by atoms with Crippen molar-refractivity contribution in [2.24, 2.45) is 5.92 Å². The highest BCUT2D eigenvalue weighted by Gasteiger charge is 2.22. The first kappa shape index (κ1) is 15.6. The van der Waals surface area contributed by atoms with Crippen LogP contribution in [0.25, 0.3) is 22.2 Å². The number of aromatic nitrogens is 3. The molecule has 3 aromatic rings. The topological polar surface area (TPSA) is 97.0 Å². The highest BCUT2D eigenvalue weighted by Crippen LogP contribution is 2.38. The number of nitrogens with one attached hydrogen (secondary N) is 1. The van der Waals surface area contributed by atoms with Gasteiger partial charge in [0.05, 0.1) is 0 Å². The second kappa shape index (κ2) is 5.88. The van der Waals surface area contributed by atoms with Crippen molar-refractivity contribution in [3.63, 3.8) is 0 Å². The summed E-state index contributed by atoms with van der Waals surface area (Å²) in [6.07, 6.45) is 3.99. The number of hydrogen-bond donors (Lipinski definition) is 3. The van der Waals surface area contributed by atoms with Crippen molar-refractivity contribution in [2.75, 3.05) is 17.6 Å². The number of aromatic hydroxyl groups is 1. The first-order valence-electron chi connectivity index (χ1n) is 8.49. The third kappa shape index (κ3) is 2.84. The van der Waals surface area contributed by atoms with Gasteiger partial charge >= 0.3 is 0 Å². The van der Waals surface area contributed by atoms with Crippen LogP contribution in [0.15, 0.2) is 24.5 Å². The number of pyridine rings is 1. The van der Waals surface area contributed by atoms with E-state index in [2.05, 4.69) is 20.3 Å². The van der Waals surface area contributed by atoms with E-state index in [9.17, 15) is 5.11 Å². The standard InChI is InChI=1S/C19H21N5O/c1-10-3-6-14(25)11(2)16(10)13-7-15(21-8-12-4-5-12)24-18-17(13)22-9-23-19(18)20/h3,6-7,9,12,25H,4-5,8H2,1-2H3,(H,21,24)(H2,20,22,23). The van der Waals surface area contributed by atoms with Gasteiger partial charge in [-0.25, -0.2) is 15.0 Å². The van der Waals surface area contributed by atoms with Gasteiger partial charge in [0.1, 0.15) is 28.9 Å². The zero-order valence-corrected chi connectivity index (χ0v) is 14.4. The van der Waals surface area contributed by atoms with Crippen LogP contribution in [-0.4, -0.2) is 26.6 Å². The maximum atomic E-state index is 10.2. The lowest BCUT2D eigenvalue weighted by Gasteiger charge is -2.15. The lowest BCUT2D eigenvalue weighted by molar-refractivity contribution is 0.471. The molecule has 4 N–H and O–H groups in total. The van der Waals surface area contributed by atoms with Gasteiger partial charge in [-0.2, -0.15) is 0 Å². The summed E-state index contributed by atoms with van der Waals surface area (Å²) in [5.41, 5.74) is 11.1. The molecule has 0 bridgehead atoms. The number of hydrogen-bond acceptors (Lipinski definition) is 6. The molecular formula is C19H21N5O. The second-order valence-electron chi connectivity index (χ2n) is 6.74. The van der Waals surface area contributed by atoms with Crippen LogP contribution >= 0.6 is 0 Å². The number of fused-ring (bicyclic) bond motifs is 1.